The monoisotopic (exact) mass is 271 g/mol. The van der Waals surface area contributed by atoms with E-state index in [9.17, 15) is 4.39 Å². The number of hydrogen-bond donors (Lipinski definition) is 1. The van der Waals surface area contributed by atoms with Gasteiger partial charge in [-0.1, -0.05) is 44.2 Å². The third-order valence-electron chi connectivity index (χ3n) is 3.46. The van der Waals surface area contributed by atoms with E-state index in [2.05, 4.69) is 37.4 Å². The van der Waals surface area contributed by atoms with Gasteiger partial charge in [-0.05, 0) is 53.8 Å². The third kappa shape index (κ3) is 3.67. The average molecular weight is 271 g/mol. The highest BCUT2D eigenvalue weighted by Crippen LogP contribution is 2.26. The molecule has 0 spiro atoms. The summed E-state index contributed by atoms with van der Waals surface area (Å²) < 4.78 is 13.6. The largest absolute Gasteiger partial charge is 0.313 e. The number of aryl methyl sites for hydroxylation is 1. The zero-order valence-electron chi connectivity index (χ0n) is 12.2. The van der Waals surface area contributed by atoms with Crippen LogP contribution < -0.4 is 5.32 Å². The molecule has 0 aliphatic carbocycles. The fourth-order valence-corrected chi connectivity index (χ4v) is 2.33. The van der Waals surface area contributed by atoms with Crippen molar-refractivity contribution in [2.75, 3.05) is 6.54 Å². The van der Waals surface area contributed by atoms with Crippen molar-refractivity contribution in [1.82, 2.24) is 5.32 Å². The lowest BCUT2D eigenvalue weighted by Gasteiger charge is -2.12. The molecule has 2 aromatic rings. The van der Waals surface area contributed by atoms with Crippen LogP contribution in [0.1, 0.15) is 31.4 Å². The summed E-state index contributed by atoms with van der Waals surface area (Å²) in [5.41, 5.74) is 4.51. The van der Waals surface area contributed by atoms with Crippen LogP contribution in [0, 0.1) is 5.82 Å². The van der Waals surface area contributed by atoms with Crippen LogP contribution in [0.5, 0.6) is 0 Å². The molecule has 2 rings (SSSR count). The molecule has 0 radical (unpaired) electrons. The Labute approximate surface area is 120 Å². The van der Waals surface area contributed by atoms with Gasteiger partial charge in [0.15, 0.2) is 0 Å². The lowest BCUT2D eigenvalue weighted by molar-refractivity contribution is 0.625. The number of hydrogen-bond acceptors (Lipinski definition) is 1. The molecule has 0 atom stereocenters. The smallest absolute Gasteiger partial charge is 0.123 e. The second-order valence-electron chi connectivity index (χ2n) is 5.03. The van der Waals surface area contributed by atoms with Gasteiger partial charge in [-0.15, -0.1) is 0 Å². The maximum atomic E-state index is 13.6. The summed E-state index contributed by atoms with van der Waals surface area (Å²) in [6.07, 6.45) is 2.09. The first-order valence-corrected chi connectivity index (χ1v) is 7.33. The van der Waals surface area contributed by atoms with E-state index < -0.39 is 0 Å². The molecule has 0 unspecified atom stereocenters. The van der Waals surface area contributed by atoms with E-state index in [0.717, 1.165) is 42.6 Å². The molecule has 0 fully saturated rings. The second kappa shape index (κ2) is 7.20. The van der Waals surface area contributed by atoms with E-state index in [0.29, 0.717) is 0 Å². The van der Waals surface area contributed by atoms with Crippen molar-refractivity contribution in [2.24, 2.45) is 0 Å². The van der Waals surface area contributed by atoms with Crippen LogP contribution in [0.25, 0.3) is 11.1 Å². The minimum atomic E-state index is -0.179. The van der Waals surface area contributed by atoms with Gasteiger partial charge in [-0.25, -0.2) is 4.39 Å². The molecular formula is C18H22FN. The van der Waals surface area contributed by atoms with Crippen LogP contribution in [-0.4, -0.2) is 6.54 Å². The highest BCUT2D eigenvalue weighted by atomic mass is 19.1. The van der Waals surface area contributed by atoms with Gasteiger partial charge in [0, 0.05) is 6.54 Å². The Bertz CT molecular complexity index is 563. The lowest BCUT2D eigenvalue weighted by atomic mass is 9.97. The van der Waals surface area contributed by atoms with Gasteiger partial charge in [0.1, 0.15) is 5.82 Å². The van der Waals surface area contributed by atoms with Gasteiger partial charge in [0.05, 0.1) is 0 Å². The molecule has 0 amide bonds. The Kier molecular flexibility index (Phi) is 5.31. The van der Waals surface area contributed by atoms with Crippen molar-refractivity contribution in [3.8, 4) is 11.1 Å². The normalized spacial score (nSPS) is 10.8. The number of nitrogens with one attached hydrogen (secondary N) is 1. The van der Waals surface area contributed by atoms with Gasteiger partial charge in [-0.2, -0.15) is 0 Å². The van der Waals surface area contributed by atoms with Crippen molar-refractivity contribution in [3.05, 3.63) is 59.4 Å². The van der Waals surface area contributed by atoms with E-state index in [1.165, 1.54) is 11.6 Å². The first-order valence-electron chi connectivity index (χ1n) is 7.33. The number of benzene rings is 2. The van der Waals surface area contributed by atoms with Crippen LogP contribution >= 0.6 is 0 Å². The van der Waals surface area contributed by atoms with Gasteiger partial charge in [-0.3, -0.25) is 0 Å². The van der Waals surface area contributed by atoms with Crippen molar-refractivity contribution in [1.29, 1.82) is 0 Å². The predicted octanol–water partition coefficient (Wildman–Crippen LogP) is 4.55. The van der Waals surface area contributed by atoms with Crippen molar-refractivity contribution >= 4 is 0 Å². The van der Waals surface area contributed by atoms with E-state index in [1.807, 2.05) is 12.1 Å². The molecule has 0 aromatic heterocycles. The van der Waals surface area contributed by atoms with E-state index >= 15 is 0 Å². The molecule has 0 saturated heterocycles. The van der Waals surface area contributed by atoms with Gasteiger partial charge < -0.3 is 5.32 Å². The zero-order chi connectivity index (χ0) is 14.4. The van der Waals surface area contributed by atoms with E-state index in [-0.39, 0.29) is 5.82 Å². The average Bonchev–Trinajstić information content (AvgIpc) is 2.49. The molecule has 106 valence electrons. The SMILES string of the molecule is CCCNCc1ccc(F)cc1-c1cccc(CC)c1. The van der Waals surface area contributed by atoms with Crippen LogP contribution in [0.4, 0.5) is 4.39 Å². The summed E-state index contributed by atoms with van der Waals surface area (Å²) in [5.74, 6) is -0.179. The quantitative estimate of drug-likeness (QED) is 0.760. The minimum Gasteiger partial charge on any atom is -0.313 e. The molecule has 2 heteroatoms. The first kappa shape index (κ1) is 14.7. The second-order valence-corrected chi connectivity index (χ2v) is 5.03. The molecule has 0 saturated carbocycles. The maximum Gasteiger partial charge on any atom is 0.123 e. The van der Waals surface area contributed by atoms with Crippen molar-refractivity contribution < 1.29 is 4.39 Å². The third-order valence-corrected chi connectivity index (χ3v) is 3.46. The minimum absolute atomic E-state index is 0.179. The molecule has 1 nitrogen and oxygen atoms in total. The Hall–Kier alpha value is -1.67. The van der Waals surface area contributed by atoms with Crippen LogP contribution in [0.2, 0.25) is 0 Å². The summed E-state index contributed by atoms with van der Waals surface area (Å²) in [4.78, 5) is 0. The molecule has 2 aromatic carbocycles. The van der Waals surface area contributed by atoms with Gasteiger partial charge in [0.2, 0.25) is 0 Å². The summed E-state index contributed by atoms with van der Waals surface area (Å²) in [7, 11) is 0. The van der Waals surface area contributed by atoms with Crippen LogP contribution in [-0.2, 0) is 13.0 Å². The summed E-state index contributed by atoms with van der Waals surface area (Å²) in [6, 6.07) is 13.4. The summed E-state index contributed by atoms with van der Waals surface area (Å²) >= 11 is 0. The van der Waals surface area contributed by atoms with Crippen LogP contribution in [0.3, 0.4) is 0 Å². The standard InChI is InChI=1S/C18H22FN/c1-3-10-20-13-16-8-9-17(19)12-18(16)15-7-5-6-14(4-2)11-15/h5-9,11-12,20H,3-4,10,13H2,1-2H3. The molecule has 0 aliphatic heterocycles. The molecule has 0 bridgehead atoms. The summed E-state index contributed by atoms with van der Waals surface area (Å²) in [6.45, 7) is 6.03. The van der Waals surface area contributed by atoms with Crippen LogP contribution in [0.15, 0.2) is 42.5 Å². The number of rotatable bonds is 6. The number of halogens is 1. The van der Waals surface area contributed by atoms with Gasteiger partial charge >= 0.3 is 0 Å². The Morgan fingerprint density at radius 3 is 2.65 bits per heavy atom. The Morgan fingerprint density at radius 2 is 1.90 bits per heavy atom. The fraction of sp³-hybridized carbons (Fsp3) is 0.333. The Morgan fingerprint density at radius 1 is 1.05 bits per heavy atom. The van der Waals surface area contributed by atoms with Crippen molar-refractivity contribution in [3.63, 3.8) is 0 Å². The first-order chi connectivity index (χ1) is 9.74. The fourth-order valence-electron chi connectivity index (χ4n) is 2.33. The Balaban J connectivity index is 2.34. The molecule has 20 heavy (non-hydrogen) atoms. The van der Waals surface area contributed by atoms with E-state index in [1.54, 1.807) is 6.07 Å². The van der Waals surface area contributed by atoms with Gasteiger partial charge in [0.25, 0.3) is 0 Å². The summed E-state index contributed by atoms with van der Waals surface area (Å²) in [5, 5.41) is 3.39. The predicted molar refractivity (Wildman–Crippen MR) is 83.2 cm³/mol. The topological polar surface area (TPSA) is 12.0 Å². The molecule has 0 heterocycles. The molecular weight excluding hydrogens is 249 g/mol. The maximum absolute atomic E-state index is 13.6. The highest BCUT2D eigenvalue weighted by molar-refractivity contribution is 5.68. The van der Waals surface area contributed by atoms with Crippen molar-refractivity contribution in [2.45, 2.75) is 33.2 Å². The highest BCUT2D eigenvalue weighted by Gasteiger charge is 2.07. The van der Waals surface area contributed by atoms with E-state index in [4.69, 9.17) is 0 Å². The zero-order valence-corrected chi connectivity index (χ0v) is 12.2. The lowest BCUT2D eigenvalue weighted by Crippen LogP contribution is -2.14. The molecule has 0 aliphatic rings. The molecule has 1 N–H and O–H groups in total.